The number of hydrogen-bond acceptors (Lipinski definition) is 6. The van der Waals surface area contributed by atoms with Crippen LogP contribution < -0.4 is 22.0 Å². The van der Waals surface area contributed by atoms with E-state index >= 15 is 0 Å². The maximum atomic E-state index is 13.5. The van der Waals surface area contributed by atoms with Crippen LogP contribution in [-0.2, 0) is 0 Å². The number of nitrogens with zero attached hydrogens (tertiary/aromatic N) is 3. The Kier molecular flexibility index (Phi) is 4.69. The number of aliphatic imine (C=N–C) groups is 1. The van der Waals surface area contributed by atoms with Crippen LogP contribution in [0.15, 0.2) is 47.5 Å². The normalized spacial score (nSPS) is 18.7. The van der Waals surface area contributed by atoms with Crippen LogP contribution >= 0.6 is 0 Å². The molecule has 1 aromatic carbocycles. The first-order chi connectivity index (χ1) is 13.0. The van der Waals surface area contributed by atoms with Gasteiger partial charge in [-0.3, -0.25) is 10.9 Å². The molecule has 0 spiro atoms. The molecule has 1 aliphatic heterocycles. The molecule has 1 saturated carbocycles. The van der Waals surface area contributed by atoms with Gasteiger partial charge in [-0.05, 0) is 43.0 Å². The molecule has 2 aliphatic rings. The first-order valence-electron chi connectivity index (χ1n) is 8.61. The predicted octanol–water partition coefficient (Wildman–Crippen LogP) is 2.25. The van der Waals surface area contributed by atoms with Gasteiger partial charge in [-0.15, -0.1) is 0 Å². The Hall–Kier alpha value is -3.04. The van der Waals surface area contributed by atoms with Gasteiger partial charge in [0, 0.05) is 18.7 Å². The van der Waals surface area contributed by atoms with Crippen molar-refractivity contribution in [2.45, 2.75) is 12.8 Å². The predicted molar refractivity (Wildman–Crippen MR) is 98.9 cm³/mol. The summed E-state index contributed by atoms with van der Waals surface area (Å²) in [5, 5.41) is 1.56. The summed E-state index contributed by atoms with van der Waals surface area (Å²) in [7, 11) is 0. The SMILES string of the molecule is Nc1cccc(C2=CC(=Nc3cc(F)cc(F)c3)NN(NCC3CC3)N2)n1. The van der Waals surface area contributed by atoms with Crippen molar-refractivity contribution in [1.29, 1.82) is 0 Å². The first kappa shape index (κ1) is 17.4. The zero-order valence-electron chi connectivity index (χ0n) is 14.4. The zero-order chi connectivity index (χ0) is 18.8. The quantitative estimate of drug-likeness (QED) is 0.645. The van der Waals surface area contributed by atoms with Crippen LogP contribution in [0.3, 0.4) is 0 Å². The number of nitrogens with two attached hydrogens (primary N) is 1. The largest absolute Gasteiger partial charge is 0.384 e. The summed E-state index contributed by atoms with van der Waals surface area (Å²) in [6, 6.07) is 8.42. The Balaban J connectivity index is 1.64. The molecule has 0 bridgehead atoms. The molecular weight excluding hydrogens is 352 g/mol. The van der Waals surface area contributed by atoms with Crippen molar-refractivity contribution in [2.24, 2.45) is 10.9 Å². The lowest BCUT2D eigenvalue weighted by Crippen LogP contribution is -2.60. The van der Waals surface area contributed by atoms with Crippen molar-refractivity contribution in [2.75, 3.05) is 12.3 Å². The van der Waals surface area contributed by atoms with Crippen LogP contribution in [-0.4, -0.2) is 22.6 Å². The molecule has 0 amide bonds. The minimum atomic E-state index is -0.686. The lowest BCUT2D eigenvalue weighted by molar-refractivity contribution is 0.104. The third kappa shape index (κ3) is 4.57. The van der Waals surface area contributed by atoms with Gasteiger partial charge >= 0.3 is 0 Å². The van der Waals surface area contributed by atoms with E-state index in [0.717, 1.165) is 24.7 Å². The highest BCUT2D eigenvalue weighted by molar-refractivity contribution is 6.00. The van der Waals surface area contributed by atoms with E-state index < -0.39 is 11.6 Å². The van der Waals surface area contributed by atoms with Gasteiger partial charge in [0.2, 0.25) is 0 Å². The van der Waals surface area contributed by atoms with E-state index in [-0.39, 0.29) is 5.69 Å². The summed E-state index contributed by atoms with van der Waals surface area (Å²) in [6.07, 6.45) is 4.09. The van der Waals surface area contributed by atoms with Crippen molar-refractivity contribution in [3.05, 3.63) is 59.8 Å². The molecule has 27 heavy (non-hydrogen) atoms. The Labute approximate surface area is 154 Å². The molecule has 140 valence electrons. The maximum Gasteiger partial charge on any atom is 0.145 e. The molecule has 5 N–H and O–H groups in total. The average Bonchev–Trinajstić information content (AvgIpc) is 3.43. The molecule has 2 aromatic rings. The van der Waals surface area contributed by atoms with Crippen LogP contribution in [0.5, 0.6) is 0 Å². The standard InChI is InChI=1S/C18H19F2N7/c19-12-6-13(20)8-14(7-12)23-18-9-16(15-2-1-3-17(21)24-15)25-27(26-18)22-10-11-4-5-11/h1-3,6-9,11,22,25H,4-5,10H2,(H2,21,24)(H,23,26). The van der Waals surface area contributed by atoms with E-state index in [1.54, 1.807) is 29.5 Å². The second-order valence-corrected chi connectivity index (χ2v) is 6.50. The van der Waals surface area contributed by atoms with Crippen molar-refractivity contribution in [3.63, 3.8) is 0 Å². The Morgan fingerprint density at radius 3 is 2.67 bits per heavy atom. The highest BCUT2D eigenvalue weighted by atomic mass is 19.1. The summed E-state index contributed by atoms with van der Waals surface area (Å²) in [4.78, 5) is 8.60. The second-order valence-electron chi connectivity index (χ2n) is 6.50. The molecule has 0 unspecified atom stereocenters. The van der Waals surface area contributed by atoms with Gasteiger partial charge in [0.05, 0.1) is 17.1 Å². The molecule has 2 heterocycles. The molecule has 1 fully saturated rings. The van der Waals surface area contributed by atoms with E-state index in [4.69, 9.17) is 5.73 Å². The Morgan fingerprint density at radius 1 is 1.19 bits per heavy atom. The fourth-order valence-electron chi connectivity index (χ4n) is 2.62. The highest BCUT2D eigenvalue weighted by Gasteiger charge is 2.24. The number of hydrogen-bond donors (Lipinski definition) is 4. The van der Waals surface area contributed by atoms with E-state index in [0.29, 0.717) is 29.0 Å². The third-order valence-corrected chi connectivity index (χ3v) is 4.12. The molecule has 0 radical (unpaired) electrons. The molecule has 1 aliphatic carbocycles. The summed E-state index contributed by atoms with van der Waals surface area (Å²) in [5.74, 6) is 0.0479. The maximum absolute atomic E-state index is 13.5. The summed E-state index contributed by atoms with van der Waals surface area (Å²) >= 11 is 0. The number of amidine groups is 1. The Bertz CT molecular complexity index is 888. The lowest BCUT2D eigenvalue weighted by Gasteiger charge is -2.31. The molecule has 9 heteroatoms. The summed E-state index contributed by atoms with van der Waals surface area (Å²) in [5.41, 5.74) is 16.6. The zero-order valence-corrected chi connectivity index (χ0v) is 14.4. The highest BCUT2D eigenvalue weighted by Crippen LogP contribution is 2.27. The number of hydrazine groups is 3. The van der Waals surface area contributed by atoms with Gasteiger partial charge < -0.3 is 5.73 Å². The Morgan fingerprint density at radius 2 is 1.96 bits per heavy atom. The third-order valence-electron chi connectivity index (χ3n) is 4.12. The number of anilines is 1. The lowest BCUT2D eigenvalue weighted by atomic mass is 10.2. The topological polar surface area (TPSA) is 90.6 Å². The minimum Gasteiger partial charge on any atom is -0.384 e. The van der Waals surface area contributed by atoms with Crippen molar-refractivity contribution in [3.8, 4) is 0 Å². The van der Waals surface area contributed by atoms with Crippen LogP contribution in [0.2, 0.25) is 0 Å². The number of benzene rings is 1. The molecule has 1 aromatic heterocycles. The number of aromatic nitrogens is 1. The van der Waals surface area contributed by atoms with Crippen LogP contribution in [0.25, 0.3) is 5.70 Å². The fourth-order valence-corrected chi connectivity index (χ4v) is 2.62. The van der Waals surface area contributed by atoms with Gasteiger partial charge in [-0.1, -0.05) is 11.3 Å². The van der Waals surface area contributed by atoms with E-state index in [2.05, 4.69) is 26.3 Å². The molecule has 0 saturated heterocycles. The first-order valence-corrected chi connectivity index (χ1v) is 8.61. The average molecular weight is 371 g/mol. The molecular formula is C18H19F2N7. The molecule has 0 atom stereocenters. The summed E-state index contributed by atoms with van der Waals surface area (Å²) in [6.45, 7) is 0.791. The second kappa shape index (κ2) is 7.29. The van der Waals surface area contributed by atoms with Gasteiger partial charge in [0.25, 0.3) is 0 Å². The van der Waals surface area contributed by atoms with Crippen molar-refractivity contribution in [1.82, 2.24) is 26.5 Å². The van der Waals surface area contributed by atoms with Gasteiger partial charge in [-0.2, -0.15) is 0 Å². The number of nitrogen functional groups attached to an aromatic ring is 1. The van der Waals surface area contributed by atoms with Crippen LogP contribution in [0.1, 0.15) is 18.5 Å². The van der Waals surface area contributed by atoms with Gasteiger partial charge in [0.1, 0.15) is 23.3 Å². The van der Waals surface area contributed by atoms with E-state index in [9.17, 15) is 8.78 Å². The van der Waals surface area contributed by atoms with E-state index in [1.807, 2.05) is 0 Å². The molecule has 4 rings (SSSR count). The van der Waals surface area contributed by atoms with Gasteiger partial charge in [0.15, 0.2) is 0 Å². The number of nitrogens with one attached hydrogen (secondary N) is 3. The van der Waals surface area contributed by atoms with Crippen molar-refractivity contribution >= 4 is 23.0 Å². The van der Waals surface area contributed by atoms with Crippen LogP contribution in [0.4, 0.5) is 20.3 Å². The van der Waals surface area contributed by atoms with Crippen LogP contribution in [0, 0.1) is 17.6 Å². The minimum absolute atomic E-state index is 0.162. The fraction of sp³-hybridized carbons (Fsp3) is 0.222. The van der Waals surface area contributed by atoms with Crippen molar-refractivity contribution < 1.29 is 8.78 Å². The monoisotopic (exact) mass is 371 g/mol. The number of halogens is 2. The van der Waals surface area contributed by atoms with E-state index in [1.165, 1.54) is 12.8 Å². The van der Waals surface area contributed by atoms with Gasteiger partial charge in [-0.25, -0.2) is 24.2 Å². The number of rotatable bonds is 5. The molecule has 7 nitrogen and oxygen atoms in total. The smallest absolute Gasteiger partial charge is 0.145 e. The summed E-state index contributed by atoms with van der Waals surface area (Å²) < 4.78 is 26.9. The number of pyridine rings is 1.